The zero-order chi connectivity index (χ0) is 19.6. The lowest BCUT2D eigenvalue weighted by atomic mass is 9.84. The molecule has 0 aromatic heterocycles. The van der Waals surface area contributed by atoms with Gasteiger partial charge in [-0.05, 0) is 43.4 Å². The third-order valence-corrected chi connectivity index (χ3v) is 6.91. The molecule has 0 atom stereocenters. The molecular formula is C22H33N3O3. The van der Waals surface area contributed by atoms with Gasteiger partial charge in [-0.25, -0.2) is 0 Å². The second kappa shape index (κ2) is 8.39. The molecule has 1 aliphatic carbocycles. The Morgan fingerprint density at radius 1 is 1.14 bits per heavy atom. The van der Waals surface area contributed by atoms with Gasteiger partial charge < -0.3 is 14.7 Å². The monoisotopic (exact) mass is 387 g/mol. The third-order valence-electron chi connectivity index (χ3n) is 6.91. The number of methoxy groups -OCH3 is 1. The van der Waals surface area contributed by atoms with Crippen molar-refractivity contribution in [3.05, 3.63) is 29.8 Å². The number of piperazine rings is 1. The molecule has 3 fully saturated rings. The van der Waals surface area contributed by atoms with E-state index >= 15 is 0 Å². The lowest BCUT2D eigenvalue weighted by molar-refractivity contribution is -0.136. The molecule has 1 aromatic carbocycles. The first kappa shape index (κ1) is 19.7. The number of benzene rings is 1. The van der Waals surface area contributed by atoms with E-state index in [-0.39, 0.29) is 5.91 Å². The van der Waals surface area contributed by atoms with Gasteiger partial charge in [0.1, 0.15) is 5.75 Å². The van der Waals surface area contributed by atoms with Crippen LogP contribution in [0.4, 0.5) is 0 Å². The molecule has 1 amide bonds. The third kappa shape index (κ3) is 4.19. The van der Waals surface area contributed by atoms with Crippen molar-refractivity contribution in [2.75, 3.05) is 52.9 Å². The van der Waals surface area contributed by atoms with E-state index < -0.39 is 5.60 Å². The highest BCUT2D eigenvalue weighted by molar-refractivity contribution is 5.78. The molecule has 0 spiro atoms. The average molecular weight is 388 g/mol. The summed E-state index contributed by atoms with van der Waals surface area (Å²) in [6.45, 7) is 5.70. The lowest BCUT2D eigenvalue weighted by Crippen LogP contribution is -2.55. The molecule has 2 aliphatic heterocycles. The van der Waals surface area contributed by atoms with Crippen LogP contribution in [0.3, 0.4) is 0 Å². The number of aliphatic hydroxyl groups is 1. The van der Waals surface area contributed by atoms with Gasteiger partial charge in [-0.1, -0.05) is 18.6 Å². The van der Waals surface area contributed by atoms with Gasteiger partial charge in [0.05, 0.1) is 19.3 Å². The van der Waals surface area contributed by atoms with Crippen LogP contribution >= 0.6 is 0 Å². The zero-order valence-corrected chi connectivity index (χ0v) is 17.0. The minimum atomic E-state index is -0.831. The van der Waals surface area contributed by atoms with E-state index in [9.17, 15) is 9.90 Å². The Kier molecular flexibility index (Phi) is 5.90. The highest BCUT2D eigenvalue weighted by atomic mass is 16.5. The fraction of sp³-hybridized carbons (Fsp3) is 0.682. The Bertz CT molecular complexity index is 675. The molecule has 0 bridgehead atoms. The number of carbonyl (C=O) groups excluding carboxylic acids is 1. The molecule has 6 heteroatoms. The van der Waals surface area contributed by atoms with Crippen molar-refractivity contribution in [3.8, 4) is 5.75 Å². The first-order valence-corrected chi connectivity index (χ1v) is 10.7. The van der Waals surface area contributed by atoms with Crippen LogP contribution in [0.2, 0.25) is 0 Å². The Labute approximate surface area is 168 Å². The van der Waals surface area contributed by atoms with Crippen LogP contribution < -0.4 is 4.74 Å². The molecular weight excluding hydrogens is 354 g/mol. The molecule has 3 aliphatic rings. The van der Waals surface area contributed by atoms with Crippen LogP contribution in [0.5, 0.6) is 5.75 Å². The lowest BCUT2D eigenvalue weighted by Gasteiger charge is -2.43. The molecule has 28 heavy (non-hydrogen) atoms. The minimum Gasteiger partial charge on any atom is -0.497 e. The number of piperidine rings is 1. The zero-order valence-electron chi connectivity index (χ0n) is 17.0. The van der Waals surface area contributed by atoms with Crippen LogP contribution in [-0.2, 0) is 10.4 Å². The van der Waals surface area contributed by atoms with Crippen molar-refractivity contribution in [1.82, 2.24) is 14.7 Å². The fourth-order valence-electron chi connectivity index (χ4n) is 4.66. The number of carbonyl (C=O) groups is 1. The Morgan fingerprint density at radius 3 is 2.46 bits per heavy atom. The van der Waals surface area contributed by atoms with Gasteiger partial charge in [-0.15, -0.1) is 0 Å². The topological polar surface area (TPSA) is 56.3 Å². The van der Waals surface area contributed by atoms with Gasteiger partial charge in [-0.2, -0.15) is 0 Å². The van der Waals surface area contributed by atoms with Crippen LogP contribution in [0, 0.1) is 0 Å². The van der Waals surface area contributed by atoms with E-state index in [0.29, 0.717) is 19.4 Å². The summed E-state index contributed by atoms with van der Waals surface area (Å²) >= 11 is 0. The predicted molar refractivity (Wildman–Crippen MR) is 108 cm³/mol. The average Bonchev–Trinajstić information content (AvgIpc) is 2.69. The number of likely N-dealkylation sites (tertiary alicyclic amines) is 1. The maximum atomic E-state index is 12.7. The molecule has 0 radical (unpaired) electrons. The molecule has 6 nitrogen and oxygen atoms in total. The van der Waals surface area contributed by atoms with Gasteiger partial charge in [0.25, 0.3) is 0 Å². The van der Waals surface area contributed by atoms with E-state index in [4.69, 9.17) is 4.74 Å². The van der Waals surface area contributed by atoms with Crippen LogP contribution in [-0.4, -0.2) is 84.7 Å². The van der Waals surface area contributed by atoms with Gasteiger partial charge >= 0.3 is 0 Å². The van der Waals surface area contributed by atoms with Gasteiger partial charge in [0.15, 0.2) is 0 Å². The van der Waals surface area contributed by atoms with E-state index in [2.05, 4.69) is 9.80 Å². The quantitative estimate of drug-likeness (QED) is 0.833. The number of hydrogen-bond donors (Lipinski definition) is 1. The van der Waals surface area contributed by atoms with E-state index in [1.54, 1.807) is 7.11 Å². The maximum Gasteiger partial charge on any atom is 0.236 e. The number of nitrogens with zero attached hydrogens (tertiary/aromatic N) is 3. The van der Waals surface area contributed by atoms with Gasteiger partial charge in [-0.3, -0.25) is 14.6 Å². The van der Waals surface area contributed by atoms with E-state index in [1.165, 1.54) is 19.3 Å². The largest absolute Gasteiger partial charge is 0.497 e. The van der Waals surface area contributed by atoms with Crippen molar-refractivity contribution in [3.63, 3.8) is 0 Å². The maximum absolute atomic E-state index is 12.7. The summed E-state index contributed by atoms with van der Waals surface area (Å²) in [7, 11) is 1.64. The van der Waals surface area contributed by atoms with Crippen molar-refractivity contribution >= 4 is 5.91 Å². The molecule has 2 saturated heterocycles. The summed E-state index contributed by atoms with van der Waals surface area (Å²) in [6.07, 6.45) is 5.31. The second-order valence-corrected chi connectivity index (χ2v) is 8.54. The molecule has 1 N–H and O–H groups in total. The highest BCUT2D eigenvalue weighted by Gasteiger charge is 2.35. The van der Waals surface area contributed by atoms with E-state index in [1.807, 2.05) is 29.2 Å². The van der Waals surface area contributed by atoms with Crippen molar-refractivity contribution in [2.24, 2.45) is 0 Å². The van der Waals surface area contributed by atoms with Crippen LogP contribution in [0.25, 0.3) is 0 Å². The normalized spacial score (nSPS) is 24.0. The number of rotatable bonds is 5. The molecule has 4 rings (SSSR count). The Hall–Kier alpha value is -1.63. The second-order valence-electron chi connectivity index (χ2n) is 8.54. The highest BCUT2D eigenvalue weighted by Crippen LogP contribution is 2.34. The number of amides is 1. The fourth-order valence-corrected chi connectivity index (χ4v) is 4.66. The van der Waals surface area contributed by atoms with E-state index in [0.717, 1.165) is 56.6 Å². The number of hydrogen-bond acceptors (Lipinski definition) is 5. The standard InChI is InChI=1S/C22H33N3O3/c1-28-20-7-2-4-18(16-20)22(27)8-10-23(11-9-22)17-21(26)25-14-12-24(13-15-25)19-5-3-6-19/h2,4,7,16,19,27H,3,5-6,8-15,17H2,1H3. The van der Waals surface area contributed by atoms with Gasteiger partial charge in [0, 0.05) is 45.3 Å². The van der Waals surface area contributed by atoms with Crippen molar-refractivity contribution in [1.29, 1.82) is 0 Å². The first-order chi connectivity index (χ1) is 13.6. The molecule has 1 aromatic rings. The summed E-state index contributed by atoms with van der Waals surface area (Å²) in [5.41, 5.74) is 0.0765. The summed E-state index contributed by atoms with van der Waals surface area (Å²) in [5.74, 6) is 1.00. The van der Waals surface area contributed by atoms with Crippen LogP contribution in [0.15, 0.2) is 24.3 Å². The summed E-state index contributed by atoms with van der Waals surface area (Å²) in [4.78, 5) is 19.5. The molecule has 1 saturated carbocycles. The smallest absolute Gasteiger partial charge is 0.236 e. The SMILES string of the molecule is COc1cccc(C2(O)CCN(CC(=O)N3CCN(C4CCC4)CC3)CC2)c1. The minimum absolute atomic E-state index is 0.236. The molecule has 0 unspecified atom stereocenters. The van der Waals surface area contributed by atoms with Crippen molar-refractivity contribution in [2.45, 2.75) is 43.7 Å². The Morgan fingerprint density at radius 2 is 1.86 bits per heavy atom. The van der Waals surface area contributed by atoms with Crippen molar-refractivity contribution < 1.29 is 14.6 Å². The van der Waals surface area contributed by atoms with Gasteiger partial charge in [0.2, 0.25) is 5.91 Å². The Balaban J connectivity index is 1.25. The summed E-state index contributed by atoms with van der Waals surface area (Å²) < 4.78 is 5.29. The van der Waals surface area contributed by atoms with Crippen LogP contribution in [0.1, 0.15) is 37.7 Å². The number of ether oxygens (including phenoxy) is 1. The summed E-state index contributed by atoms with van der Waals surface area (Å²) in [6, 6.07) is 8.47. The molecule has 154 valence electrons. The summed E-state index contributed by atoms with van der Waals surface area (Å²) in [5, 5.41) is 11.1. The predicted octanol–water partition coefficient (Wildman–Crippen LogP) is 1.68. The molecule has 2 heterocycles. The first-order valence-electron chi connectivity index (χ1n) is 10.7.